The van der Waals surface area contributed by atoms with Crippen molar-refractivity contribution >= 4 is 6.29 Å². The third kappa shape index (κ3) is 1.07. The van der Waals surface area contributed by atoms with Gasteiger partial charge in [0, 0.05) is 6.07 Å². The molecule has 0 saturated heterocycles. The summed E-state index contributed by atoms with van der Waals surface area (Å²) in [6, 6.07) is 1.69. The third-order valence-corrected chi connectivity index (χ3v) is 1.39. The fourth-order valence-corrected chi connectivity index (χ4v) is 0.605. The van der Waals surface area contributed by atoms with Crippen molar-refractivity contribution in [3.05, 3.63) is 18.0 Å². The summed E-state index contributed by atoms with van der Waals surface area (Å²) >= 11 is 0. The van der Waals surface area contributed by atoms with Gasteiger partial charge in [0.2, 0.25) is 0 Å². The minimum absolute atomic E-state index is 0.521. The molecule has 0 radical (unpaired) electrons. The summed E-state index contributed by atoms with van der Waals surface area (Å²) in [6.07, 6.45) is 2.31. The van der Waals surface area contributed by atoms with E-state index >= 15 is 0 Å². The van der Waals surface area contributed by atoms with Gasteiger partial charge in [0.1, 0.15) is 12.5 Å². The van der Waals surface area contributed by atoms with Crippen LogP contribution in [0.15, 0.2) is 16.9 Å². The van der Waals surface area contributed by atoms with E-state index < -0.39 is 5.41 Å². The van der Waals surface area contributed by atoms with Gasteiger partial charge in [-0.1, -0.05) is 5.16 Å². The number of aldehydes is 1. The fraction of sp³-hybridized carbons (Fsp3) is 0.429. The van der Waals surface area contributed by atoms with Crippen molar-refractivity contribution < 1.29 is 9.32 Å². The monoisotopic (exact) mass is 139 g/mol. The molecule has 0 N–H and O–H groups in total. The van der Waals surface area contributed by atoms with Crippen LogP contribution in [0.1, 0.15) is 19.5 Å². The molecule has 54 valence electrons. The van der Waals surface area contributed by atoms with Crippen molar-refractivity contribution in [2.45, 2.75) is 19.3 Å². The molecular weight excluding hydrogens is 130 g/mol. The maximum absolute atomic E-state index is 10.4. The van der Waals surface area contributed by atoms with Crippen molar-refractivity contribution in [3.63, 3.8) is 0 Å². The van der Waals surface area contributed by atoms with Gasteiger partial charge in [0.05, 0.1) is 11.1 Å². The molecule has 0 bridgehead atoms. The number of hydrogen-bond donors (Lipinski definition) is 0. The van der Waals surface area contributed by atoms with E-state index in [4.69, 9.17) is 0 Å². The van der Waals surface area contributed by atoms with E-state index in [9.17, 15) is 4.79 Å². The van der Waals surface area contributed by atoms with Gasteiger partial charge in [0.15, 0.2) is 0 Å². The van der Waals surface area contributed by atoms with Crippen molar-refractivity contribution in [2.24, 2.45) is 0 Å². The van der Waals surface area contributed by atoms with Crippen LogP contribution in [0, 0.1) is 0 Å². The molecule has 1 aromatic rings. The Labute approximate surface area is 59.0 Å². The molecule has 0 amide bonds. The Morgan fingerprint density at radius 3 is 2.80 bits per heavy atom. The van der Waals surface area contributed by atoms with E-state index in [1.54, 1.807) is 19.9 Å². The molecule has 0 aliphatic heterocycles. The molecule has 0 aliphatic rings. The lowest BCUT2D eigenvalue weighted by atomic mass is 9.92. The standard InChI is InChI=1S/C7H9NO2/c1-7(2,5-9)6-3-4-10-8-6/h3-5H,1-2H3. The second kappa shape index (κ2) is 2.25. The highest BCUT2D eigenvalue weighted by Crippen LogP contribution is 2.17. The maximum Gasteiger partial charge on any atom is 0.131 e. The minimum Gasteiger partial charge on any atom is -0.364 e. The first-order valence-corrected chi connectivity index (χ1v) is 3.04. The van der Waals surface area contributed by atoms with Crippen LogP contribution in [0.4, 0.5) is 0 Å². The average molecular weight is 139 g/mol. The van der Waals surface area contributed by atoms with Gasteiger partial charge in [-0.3, -0.25) is 0 Å². The molecule has 0 fully saturated rings. The van der Waals surface area contributed by atoms with Gasteiger partial charge in [0.25, 0.3) is 0 Å². The van der Waals surface area contributed by atoms with E-state index in [1.807, 2.05) is 0 Å². The highest BCUT2D eigenvalue weighted by Gasteiger charge is 2.21. The highest BCUT2D eigenvalue weighted by atomic mass is 16.5. The largest absolute Gasteiger partial charge is 0.364 e. The maximum atomic E-state index is 10.4. The van der Waals surface area contributed by atoms with Crippen LogP contribution >= 0.6 is 0 Å². The van der Waals surface area contributed by atoms with Gasteiger partial charge in [-0.25, -0.2) is 0 Å². The van der Waals surface area contributed by atoms with Crippen LogP contribution < -0.4 is 0 Å². The number of rotatable bonds is 2. The Morgan fingerprint density at radius 1 is 1.70 bits per heavy atom. The molecule has 0 aliphatic carbocycles. The van der Waals surface area contributed by atoms with Crippen LogP contribution in [0.3, 0.4) is 0 Å². The zero-order valence-corrected chi connectivity index (χ0v) is 6.00. The van der Waals surface area contributed by atoms with Crippen LogP contribution in [-0.4, -0.2) is 11.4 Å². The lowest BCUT2D eigenvalue weighted by Crippen LogP contribution is -2.18. The molecule has 0 atom stereocenters. The molecule has 3 nitrogen and oxygen atoms in total. The second-order valence-electron chi connectivity index (χ2n) is 2.72. The molecule has 1 aromatic heterocycles. The van der Waals surface area contributed by atoms with Crippen LogP contribution in [0.5, 0.6) is 0 Å². The first-order valence-electron chi connectivity index (χ1n) is 3.04. The lowest BCUT2D eigenvalue weighted by Gasteiger charge is -2.10. The Morgan fingerprint density at radius 2 is 2.40 bits per heavy atom. The number of hydrogen-bond acceptors (Lipinski definition) is 3. The topological polar surface area (TPSA) is 43.1 Å². The van der Waals surface area contributed by atoms with E-state index in [-0.39, 0.29) is 0 Å². The molecule has 0 unspecified atom stereocenters. The van der Waals surface area contributed by atoms with Gasteiger partial charge < -0.3 is 9.32 Å². The van der Waals surface area contributed by atoms with Crippen LogP contribution in [0.2, 0.25) is 0 Å². The molecule has 0 spiro atoms. The lowest BCUT2D eigenvalue weighted by molar-refractivity contribution is -0.111. The van der Waals surface area contributed by atoms with Gasteiger partial charge in [-0.05, 0) is 13.8 Å². The predicted molar refractivity (Wildman–Crippen MR) is 35.6 cm³/mol. The molecule has 1 rings (SSSR count). The van der Waals surface area contributed by atoms with Gasteiger partial charge >= 0.3 is 0 Å². The van der Waals surface area contributed by atoms with Crippen molar-refractivity contribution in [1.82, 2.24) is 5.16 Å². The summed E-state index contributed by atoms with van der Waals surface area (Å²) in [7, 11) is 0. The normalized spacial score (nSPS) is 11.4. The molecule has 10 heavy (non-hydrogen) atoms. The SMILES string of the molecule is CC(C)(C=O)c1ccon1. The highest BCUT2D eigenvalue weighted by molar-refractivity contribution is 5.65. The van der Waals surface area contributed by atoms with E-state index in [0.717, 1.165) is 6.29 Å². The van der Waals surface area contributed by atoms with E-state index in [0.29, 0.717) is 5.69 Å². The molecule has 3 heteroatoms. The molecule has 0 saturated carbocycles. The quantitative estimate of drug-likeness (QED) is 0.577. The summed E-state index contributed by atoms with van der Waals surface area (Å²) in [6.45, 7) is 3.58. The summed E-state index contributed by atoms with van der Waals surface area (Å²) < 4.78 is 4.59. The van der Waals surface area contributed by atoms with Gasteiger partial charge in [-0.15, -0.1) is 0 Å². The third-order valence-electron chi connectivity index (χ3n) is 1.39. The Kier molecular flexibility index (Phi) is 1.57. The van der Waals surface area contributed by atoms with Gasteiger partial charge in [-0.2, -0.15) is 0 Å². The number of aromatic nitrogens is 1. The summed E-state index contributed by atoms with van der Waals surface area (Å²) in [5.74, 6) is 0. The van der Waals surface area contributed by atoms with E-state index in [2.05, 4.69) is 9.68 Å². The number of carbonyl (C=O) groups is 1. The number of carbonyl (C=O) groups excluding carboxylic acids is 1. The summed E-state index contributed by atoms with van der Waals surface area (Å²) in [5.41, 5.74) is 0.148. The summed E-state index contributed by atoms with van der Waals surface area (Å²) in [4.78, 5) is 10.4. The fourth-order valence-electron chi connectivity index (χ4n) is 0.605. The van der Waals surface area contributed by atoms with Crippen molar-refractivity contribution in [1.29, 1.82) is 0 Å². The Balaban J connectivity index is 2.95. The predicted octanol–water partition coefficient (Wildman–Crippen LogP) is 1.15. The zero-order valence-electron chi connectivity index (χ0n) is 6.00. The van der Waals surface area contributed by atoms with Crippen molar-refractivity contribution in [3.8, 4) is 0 Å². The summed E-state index contributed by atoms with van der Waals surface area (Å²) in [5, 5.41) is 3.65. The zero-order chi connectivity index (χ0) is 7.61. The first kappa shape index (κ1) is 6.99. The average Bonchev–Trinajstić information content (AvgIpc) is 2.38. The minimum atomic E-state index is -0.521. The Bertz CT molecular complexity index is 214. The molecule has 0 aromatic carbocycles. The smallest absolute Gasteiger partial charge is 0.131 e. The number of nitrogens with zero attached hydrogens (tertiary/aromatic N) is 1. The van der Waals surface area contributed by atoms with Crippen molar-refractivity contribution in [2.75, 3.05) is 0 Å². The molecule has 1 heterocycles. The second-order valence-corrected chi connectivity index (χ2v) is 2.72. The van der Waals surface area contributed by atoms with Crippen LogP contribution in [-0.2, 0) is 10.2 Å². The van der Waals surface area contributed by atoms with E-state index in [1.165, 1.54) is 6.26 Å². The van der Waals surface area contributed by atoms with Crippen LogP contribution in [0.25, 0.3) is 0 Å². The first-order chi connectivity index (χ1) is 4.67. The Hall–Kier alpha value is -1.12. The molecular formula is C7H9NO2.